The van der Waals surface area contributed by atoms with Crippen LogP contribution in [0.25, 0.3) is 0 Å². The van der Waals surface area contributed by atoms with Crippen LogP contribution in [0, 0.1) is 0 Å². The Morgan fingerprint density at radius 3 is 2.47 bits per heavy atom. The molecule has 0 saturated heterocycles. The molecular weight excluding hydrogens is 228 g/mol. The van der Waals surface area contributed by atoms with Gasteiger partial charge in [0.05, 0.1) is 10.7 Å². The Hall–Kier alpha value is -0.410. The number of thiazole rings is 1. The molecule has 1 aliphatic rings. The molecule has 0 aliphatic heterocycles. The molecule has 0 amide bonds. The van der Waals surface area contributed by atoms with Gasteiger partial charge >= 0.3 is 0 Å². The third kappa shape index (κ3) is 2.89. The fraction of sp³-hybridized carbons (Fsp3) is 0.786. The van der Waals surface area contributed by atoms with Crippen molar-refractivity contribution in [1.82, 2.24) is 10.3 Å². The monoisotopic (exact) mass is 252 g/mol. The molecule has 96 valence electrons. The van der Waals surface area contributed by atoms with Crippen LogP contribution in [0.5, 0.6) is 0 Å². The summed E-state index contributed by atoms with van der Waals surface area (Å²) in [5.74, 6) is 0.742. The molecule has 0 radical (unpaired) electrons. The van der Waals surface area contributed by atoms with E-state index in [1.807, 2.05) is 18.4 Å². The Morgan fingerprint density at radius 2 is 1.94 bits per heavy atom. The fourth-order valence-corrected chi connectivity index (χ4v) is 4.04. The zero-order valence-corrected chi connectivity index (χ0v) is 12.3. The molecule has 1 aromatic heterocycles. The first kappa shape index (κ1) is 13.0. The third-order valence-corrected chi connectivity index (χ3v) is 4.68. The van der Waals surface area contributed by atoms with Crippen LogP contribution in [0.3, 0.4) is 0 Å². The lowest BCUT2D eigenvalue weighted by molar-refractivity contribution is 0.557. The van der Waals surface area contributed by atoms with Gasteiger partial charge in [-0.05, 0) is 19.9 Å². The van der Waals surface area contributed by atoms with Gasteiger partial charge < -0.3 is 5.32 Å². The van der Waals surface area contributed by atoms with E-state index in [0.717, 1.165) is 12.5 Å². The minimum Gasteiger partial charge on any atom is -0.315 e. The highest BCUT2D eigenvalue weighted by molar-refractivity contribution is 7.11. The molecule has 0 spiro atoms. The first-order chi connectivity index (χ1) is 8.02. The fourth-order valence-electron chi connectivity index (χ4n) is 2.58. The predicted octanol–water partition coefficient (Wildman–Crippen LogP) is 3.82. The summed E-state index contributed by atoms with van der Waals surface area (Å²) < 4.78 is 0. The minimum absolute atomic E-state index is 0.166. The van der Waals surface area contributed by atoms with E-state index in [-0.39, 0.29) is 5.41 Å². The molecule has 2 rings (SSSR count). The van der Waals surface area contributed by atoms with Crippen molar-refractivity contribution in [2.45, 2.75) is 64.3 Å². The molecular formula is C14H24N2S. The van der Waals surface area contributed by atoms with Crippen molar-refractivity contribution >= 4 is 11.3 Å². The van der Waals surface area contributed by atoms with Crippen LogP contribution in [0.4, 0.5) is 0 Å². The molecule has 0 atom stereocenters. The molecule has 1 aliphatic carbocycles. The van der Waals surface area contributed by atoms with Crippen molar-refractivity contribution in [2.75, 3.05) is 7.05 Å². The lowest BCUT2D eigenvalue weighted by atomic mass is 9.91. The zero-order chi connectivity index (χ0) is 12.5. The molecule has 3 heteroatoms. The molecule has 0 unspecified atom stereocenters. The first-order valence-electron chi connectivity index (χ1n) is 6.67. The molecule has 1 saturated carbocycles. The Balaban J connectivity index is 2.29. The molecule has 2 nitrogen and oxygen atoms in total. The van der Waals surface area contributed by atoms with Crippen molar-refractivity contribution < 1.29 is 0 Å². The second kappa shape index (κ2) is 5.07. The average Bonchev–Trinajstić information content (AvgIpc) is 2.82. The number of rotatable bonds is 3. The van der Waals surface area contributed by atoms with Gasteiger partial charge in [-0.1, -0.05) is 33.6 Å². The Bertz CT molecular complexity index is 370. The van der Waals surface area contributed by atoms with Gasteiger partial charge in [0.25, 0.3) is 0 Å². The highest BCUT2D eigenvalue weighted by Gasteiger charge is 2.27. The van der Waals surface area contributed by atoms with Gasteiger partial charge in [-0.25, -0.2) is 4.98 Å². The first-order valence-corrected chi connectivity index (χ1v) is 7.48. The smallest absolute Gasteiger partial charge is 0.0962 e. The van der Waals surface area contributed by atoms with Gasteiger partial charge in [0.2, 0.25) is 0 Å². The summed E-state index contributed by atoms with van der Waals surface area (Å²) in [7, 11) is 2.02. The number of nitrogens with zero attached hydrogens (tertiary/aromatic N) is 1. The topological polar surface area (TPSA) is 24.9 Å². The van der Waals surface area contributed by atoms with E-state index >= 15 is 0 Å². The van der Waals surface area contributed by atoms with Gasteiger partial charge in [-0.2, -0.15) is 0 Å². The van der Waals surface area contributed by atoms with Crippen molar-refractivity contribution in [3.8, 4) is 0 Å². The van der Waals surface area contributed by atoms with Gasteiger partial charge in [0, 0.05) is 22.8 Å². The maximum atomic E-state index is 4.96. The van der Waals surface area contributed by atoms with Crippen LogP contribution in [0.2, 0.25) is 0 Å². The van der Waals surface area contributed by atoms with Crippen LogP contribution in [0.1, 0.15) is 68.0 Å². The standard InChI is InChI=1S/C14H24N2S/c1-14(2,3)12-11(9-15-4)17-13(16-12)10-7-5-6-8-10/h10,15H,5-9H2,1-4H3. The SMILES string of the molecule is CNCc1sc(C2CCCC2)nc1C(C)(C)C. The Morgan fingerprint density at radius 1 is 1.29 bits per heavy atom. The maximum Gasteiger partial charge on any atom is 0.0962 e. The van der Waals surface area contributed by atoms with Crippen molar-refractivity contribution in [1.29, 1.82) is 0 Å². The van der Waals surface area contributed by atoms with Crippen molar-refractivity contribution in [3.63, 3.8) is 0 Å². The molecule has 1 fully saturated rings. The maximum absolute atomic E-state index is 4.96. The summed E-state index contributed by atoms with van der Waals surface area (Å²) in [6.45, 7) is 7.75. The number of aromatic nitrogens is 1. The van der Waals surface area contributed by atoms with E-state index in [0.29, 0.717) is 0 Å². The molecule has 0 aromatic carbocycles. The number of nitrogens with one attached hydrogen (secondary N) is 1. The lowest BCUT2D eigenvalue weighted by Gasteiger charge is -2.17. The van der Waals surface area contributed by atoms with E-state index < -0.39 is 0 Å². The Labute approximate surface area is 109 Å². The lowest BCUT2D eigenvalue weighted by Crippen LogP contribution is -2.16. The molecule has 1 N–H and O–H groups in total. The van der Waals surface area contributed by atoms with E-state index in [4.69, 9.17) is 4.98 Å². The highest BCUT2D eigenvalue weighted by atomic mass is 32.1. The minimum atomic E-state index is 0.166. The van der Waals surface area contributed by atoms with Gasteiger partial charge in [-0.3, -0.25) is 0 Å². The van der Waals surface area contributed by atoms with E-state index in [1.54, 1.807) is 0 Å². The van der Waals surface area contributed by atoms with Gasteiger partial charge in [0.15, 0.2) is 0 Å². The normalized spacial score (nSPS) is 17.9. The zero-order valence-electron chi connectivity index (χ0n) is 11.5. The van der Waals surface area contributed by atoms with E-state index in [9.17, 15) is 0 Å². The summed E-state index contributed by atoms with van der Waals surface area (Å²) in [4.78, 5) is 6.39. The Kier molecular flexibility index (Phi) is 3.88. The van der Waals surface area contributed by atoms with E-state index in [1.165, 1.54) is 41.3 Å². The number of hydrogen-bond donors (Lipinski definition) is 1. The van der Waals surface area contributed by atoms with Crippen LogP contribution < -0.4 is 5.32 Å². The summed E-state index contributed by atoms with van der Waals surface area (Å²) in [6, 6.07) is 0. The van der Waals surface area contributed by atoms with Crippen LogP contribution in [0.15, 0.2) is 0 Å². The summed E-state index contributed by atoms with van der Waals surface area (Å²) in [5.41, 5.74) is 1.47. The van der Waals surface area contributed by atoms with Crippen LogP contribution in [-0.2, 0) is 12.0 Å². The van der Waals surface area contributed by atoms with Gasteiger partial charge in [-0.15, -0.1) is 11.3 Å². The summed E-state index contributed by atoms with van der Waals surface area (Å²) in [6.07, 6.45) is 5.46. The third-order valence-electron chi connectivity index (χ3n) is 3.47. The average molecular weight is 252 g/mol. The molecule has 1 heterocycles. The number of hydrogen-bond acceptors (Lipinski definition) is 3. The quantitative estimate of drug-likeness (QED) is 0.884. The molecule has 0 bridgehead atoms. The molecule has 17 heavy (non-hydrogen) atoms. The second-order valence-corrected chi connectivity index (χ2v) is 7.20. The second-order valence-electron chi connectivity index (χ2n) is 6.09. The van der Waals surface area contributed by atoms with Crippen LogP contribution in [-0.4, -0.2) is 12.0 Å². The summed E-state index contributed by atoms with van der Waals surface area (Å²) >= 11 is 1.93. The predicted molar refractivity (Wildman–Crippen MR) is 74.8 cm³/mol. The van der Waals surface area contributed by atoms with Gasteiger partial charge in [0.1, 0.15) is 0 Å². The van der Waals surface area contributed by atoms with E-state index in [2.05, 4.69) is 26.1 Å². The molecule has 1 aromatic rings. The van der Waals surface area contributed by atoms with Crippen molar-refractivity contribution in [3.05, 3.63) is 15.6 Å². The summed E-state index contributed by atoms with van der Waals surface area (Å²) in [5, 5.41) is 4.66. The van der Waals surface area contributed by atoms with Crippen molar-refractivity contribution in [2.24, 2.45) is 0 Å². The van der Waals surface area contributed by atoms with Crippen LogP contribution >= 0.6 is 11.3 Å². The largest absolute Gasteiger partial charge is 0.315 e. The highest BCUT2D eigenvalue weighted by Crippen LogP contribution is 2.39.